The van der Waals surface area contributed by atoms with Gasteiger partial charge in [0, 0.05) is 6.54 Å². The Kier molecular flexibility index (Phi) is 7.18. The number of para-hydroxylation sites is 2. The molecule has 4 aromatic rings. The predicted molar refractivity (Wildman–Crippen MR) is 133 cm³/mol. The molecule has 0 spiro atoms. The second kappa shape index (κ2) is 10.1. The summed E-state index contributed by atoms with van der Waals surface area (Å²) in [5, 5.41) is 9.02. The van der Waals surface area contributed by atoms with E-state index in [0.29, 0.717) is 13.0 Å². The number of rotatable bonds is 9. The quantitative estimate of drug-likeness (QED) is 0.356. The summed E-state index contributed by atoms with van der Waals surface area (Å²) in [6.07, 6.45) is 0.362. The van der Waals surface area contributed by atoms with E-state index in [4.69, 9.17) is 5.41 Å². The first-order valence-electron chi connectivity index (χ1n) is 11.3. The lowest BCUT2D eigenvalue weighted by molar-refractivity contribution is 0.232. The molecule has 0 unspecified atom stereocenters. The summed E-state index contributed by atoms with van der Waals surface area (Å²) in [5.41, 5.74) is 5.86. The number of alkyl halides is 2. The molecule has 6 nitrogen and oxygen atoms in total. The Labute approximate surface area is 203 Å². The average molecular weight is 499 g/mol. The molecule has 0 aliphatic rings. The van der Waals surface area contributed by atoms with Crippen molar-refractivity contribution in [1.82, 2.24) is 13.9 Å². The van der Waals surface area contributed by atoms with Gasteiger partial charge in [-0.05, 0) is 43.5 Å². The van der Waals surface area contributed by atoms with Crippen molar-refractivity contribution in [3.05, 3.63) is 101 Å². The van der Waals surface area contributed by atoms with E-state index >= 15 is 0 Å². The Balaban J connectivity index is 1.80. The smallest absolute Gasteiger partial charge is 0.306 e. The van der Waals surface area contributed by atoms with Crippen LogP contribution in [0.25, 0.3) is 11.0 Å². The summed E-state index contributed by atoms with van der Waals surface area (Å²) < 4.78 is 55.5. The molecular formula is C26H28F2N4O2S. The lowest BCUT2D eigenvalue weighted by Crippen LogP contribution is -2.38. The minimum atomic E-state index is -4.78. The molecule has 3 aromatic carbocycles. The van der Waals surface area contributed by atoms with Gasteiger partial charge < -0.3 is 9.13 Å². The number of hydrogen-bond donors (Lipinski definition) is 2. The molecule has 0 radical (unpaired) electrons. The zero-order valence-electron chi connectivity index (χ0n) is 19.6. The van der Waals surface area contributed by atoms with E-state index in [1.54, 1.807) is 4.57 Å². The highest BCUT2D eigenvalue weighted by Crippen LogP contribution is 2.22. The number of aromatic nitrogens is 2. The van der Waals surface area contributed by atoms with Crippen LogP contribution >= 0.6 is 0 Å². The second-order valence-electron chi connectivity index (χ2n) is 8.75. The third-order valence-electron chi connectivity index (χ3n) is 6.09. The van der Waals surface area contributed by atoms with Gasteiger partial charge >= 0.3 is 5.76 Å². The van der Waals surface area contributed by atoms with Crippen molar-refractivity contribution in [3.63, 3.8) is 0 Å². The molecule has 184 valence electrons. The monoisotopic (exact) mass is 498 g/mol. The van der Waals surface area contributed by atoms with E-state index in [0.717, 1.165) is 33.3 Å². The van der Waals surface area contributed by atoms with Crippen LogP contribution in [0.4, 0.5) is 8.78 Å². The zero-order valence-corrected chi connectivity index (χ0v) is 20.4. The zero-order chi connectivity index (χ0) is 25.2. The first-order chi connectivity index (χ1) is 16.7. The minimum Gasteiger partial charge on any atom is -0.306 e. The number of sulfonamides is 1. The van der Waals surface area contributed by atoms with Crippen molar-refractivity contribution < 1.29 is 17.2 Å². The summed E-state index contributed by atoms with van der Waals surface area (Å²) in [5.74, 6) is -3.52. The topological polar surface area (TPSA) is 79.9 Å². The van der Waals surface area contributed by atoms with Crippen molar-refractivity contribution >= 4 is 21.1 Å². The number of hydrogen-bond acceptors (Lipinski definition) is 3. The van der Waals surface area contributed by atoms with Crippen LogP contribution in [0.3, 0.4) is 0 Å². The van der Waals surface area contributed by atoms with Gasteiger partial charge in [-0.25, -0.2) is 13.1 Å². The maximum Gasteiger partial charge on any atom is 0.350 e. The highest BCUT2D eigenvalue weighted by Gasteiger charge is 2.27. The SMILES string of the molecule is Cc1ccc(C[C@@H](CNS(=O)(=O)C(F)F)n2c(=N)n(Cc3ccc(C)cc3)c3ccccc32)cc1. The van der Waals surface area contributed by atoms with Crippen molar-refractivity contribution in [2.45, 2.75) is 38.6 Å². The van der Waals surface area contributed by atoms with Gasteiger partial charge in [-0.3, -0.25) is 5.41 Å². The van der Waals surface area contributed by atoms with E-state index in [2.05, 4.69) is 4.72 Å². The standard InChI is InChI=1S/C26H28F2N4O2S/c1-18-7-11-20(12-8-18)15-22(16-30-35(33,34)25(27)28)32-24-6-4-3-5-23(24)31(26(32)29)17-21-13-9-19(2)10-14-21/h3-14,22,25,29-30H,15-17H2,1-2H3/t22-/m0/s1. The minimum absolute atomic E-state index is 0.167. The number of imidazole rings is 1. The molecule has 2 N–H and O–H groups in total. The Morgan fingerprint density at radius 2 is 1.40 bits per heavy atom. The molecule has 0 aliphatic heterocycles. The molecule has 4 rings (SSSR count). The Bertz CT molecular complexity index is 1470. The van der Waals surface area contributed by atoms with Gasteiger partial charge in [0.25, 0.3) is 10.0 Å². The Morgan fingerprint density at radius 3 is 1.97 bits per heavy atom. The van der Waals surface area contributed by atoms with Gasteiger partial charge in [-0.15, -0.1) is 0 Å². The molecular weight excluding hydrogens is 470 g/mol. The van der Waals surface area contributed by atoms with E-state index < -0.39 is 21.8 Å². The third-order valence-corrected chi connectivity index (χ3v) is 7.13. The van der Waals surface area contributed by atoms with Crippen LogP contribution in [-0.2, 0) is 23.0 Å². The van der Waals surface area contributed by atoms with Crippen LogP contribution in [-0.4, -0.2) is 29.9 Å². The van der Waals surface area contributed by atoms with Crippen LogP contribution < -0.4 is 10.3 Å². The number of benzene rings is 3. The molecule has 0 fully saturated rings. The van der Waals surface area contributed by atoms with Crippen molar-refractivity contribution in [1.29, 1.82) is 5.41 Å². The van der Waals surface area contributed by atoms with Crippen molar-refractivity contribution in [2.24, 2.45) is 0 Å². The molecule has 9 heteroatoms. The number of halogens is 2. The highest BCUT2D eigenvalue weighted by atomic mass is 32.2. The summed E-state index contributed by atoms with van der Waals surface area (Å²) in [4.78, 5) is 0. The largest absolute Gasteiger partial charge is 0.350 e. The van der Waals surface area contributed by atoms with Crippen LogP contribution in [0.5, 0.6) is 0 Å². The first-order valence-corrected chi connectivity index (χ1v) is 12.8. The van der Waals surface area contributed by atoms with Crippen molar-refractivity contribution in [2.75, 3.05) is 6.54 Å². The van der Waals surface area contributed by atoms with E-state index in [-0.39, 0.29) is 12.2 Å². The summed E-state index contributed by atoms with van der Waals surface area (Å²) in [6.45, 7) is 4.16. The van der Waals surface area contributed by atoms with Gasteiger partial charge in [-0.2, -0.15) is 8.78 Å². The highest BCUT2D eigenvalue weighted by molar-refractivity contribution is 7.89. The number of aryl methyl sites for hydroxylation is 2. The van der Waals surface area contributed by atoms with Crippen molar-refractivity contribution in [3.8, 4) is 0 Å². The van der Waals surface area contributed by atoms with Crippen LogP contribution in [0.15, 0.2) is 72.8 Å². The van der Waals surface area contributed by atoms with Gasteiger partial charge in [0.2, 0.25) is 5.62 Å². The predicted octanol–water partition coefficient (Wildman–Crippen LogP) is 4.51. The van der Waals surface area contributed by atoms with E-state index in [1.165, 1.54) is 0 Å². The summed E-state index contributed by atoms with van der Waals surface area (Å²) in [7, 11) is -4.78. The molecule has 0 amide bonds. The molecule has 0 saturated heterocycles. The number of nitrogens with zero attached hydrogens (tertiary/aromatic N) is 2. The van der Waals surface area contributed by atoms with Crippen LogP contribution in [0, 0.1) is 19.3 Å². The van der Waals surface area contributed by atoms with E-state index in [1.807, 2.05) is 91.2 Å². The molecule has 0 saturated carbocycles. The van der Waals surface area contributed by atoms with Gasteiger partial charge in [0.15, 0.2) is 0 Å². The maximum atomic E-state index is 13.0. The fraction of sp³-hybridized carbons (Fsp3) is 0.269. The first kappa shape index (κ1) is 24.8. The average Bonchev–Trinajstić information content (AvgIpc) is 3.10. The number of nitrogens with one attached hydrogen (secondary N) is 2. The molecule has 0 aliphatic carbocycles. The molecule has 1 aromatic heterocycles. The van der Waals surface area contributed by atoms with Crippen LogP contribution in [0.2, 0.25) is 0 Å². The fourth-order valence-electron chi connectivity index (χ4n) is 4.19. The normalized spacial score (nSPS) is 12.9. The lowest BCUT2D eigenvalue weighted by atomic mass is 10.0. The lowest BCUT2D eigenvalue weighted by Gasteiger charge is -2.21. The Hall–Kier alpha value is -3.30. The van der Waals surface area contributed by atoms with Gasteiger partial charge in [-0.1, -0.05) is 71.8 Å². The molecule has 35 heavy (non-hydrogen) atoms. The third kappa shape index (κ3) is 5.52. The maximum absolute atomic E-state index is 13.0. The fourth-order valence-corrected chi connectivity index (χ4v) is 4.74. The van der Waals surface area contributed by atoms with E-state index in [9.17, 15) is 17.2 Å². The van der Waals surface area contributed by atoms with Gasteiger partial charge in [0.1, 0.15) is 0 Å². The Morgan fingerprint density at radius 1 is 0.857 bits per heavy atom. The molecule has 1 atom stereocenters. The second-order valence-corrected chi connectivity index (χ2v) is 10.5. The summed E-state index contributed by atoms with van der Waals surface area (Å²) in [6, 6.07) is 22.7. The van der Waals surface area contributed by atoms with Gasteiger partial charge in [0.05, 0.1) is 23.6 Å². The summed E-state index contributed by atoms with van der Waals surface area (Å²) >= 11 is 0. The number of fused-ring (bicyclic) bond motifs is 1. The molecule has 0 bridgehead atoms. The van der Waals surface area contributed by atoms with Crippen LogP contribution in [0.1, 0.15) is 28.3 Å². The molecule has 1 heterocycles.